The maximum atomic E-state index is 10.4. The summed E-state index contributed by atoms with van der Waals surface area (Å²) in [5.41, 5.74) is 1.60. The fraction of sp³-hybridized carbons (Fsp3) is 0.550. The molecular formula is C20H27N3O2. The van der Waals surface area contributed by atoms with Gasteiger partial charge in [0.2, 0.25) is 0 Å². The Morgan fingerprint density at radius 1 is 1.12 bits per heavy atom. The number of piperidine rings is 1. The van der Waals surface area contributed by atoms with Gasteiger partial charge in [0.25, 0.3) is 0 Å². The first kappa shape index (κ1) is 16.8. The highest BCUT2D eigenvalue weighted by Crippen LogP contribution is 2.39. The summed E-state index contributed by atoms with van der Waals surface area (Å²) in [6.07, 6.45) is 5.35. The minimum atomic E-state index is -0.577. The summed E-state index contributed by atoms with van der Waals surface area (Å²) in [5.74, 6) is 0. The van der Waals surface area contributed by atoms with Gasteiger partial charge >= 0.3 is 0 Å². The number of nitrogens with zero attached hydrogens (tertiary/aromatic N) is 3. The number of benzene rings is 1. The lowest BCUT2D eigenvalue weighted by molar-refractivity contribution is -0.173. The van der Waals surface area contributed by atoms with Crippen molar-refractivity contribution in [1.82, 2.24) is 14.7 Å². The van der Waals surface area contributed by atoms with Crippen LogP contribution in [0.1, 0.15) is 38.3 Å². The van der Waals surface area contributed by atoms with E-state index in [1.807, 2.05) is 36.0 Å². The van der Waals surface area contributed by atoms with Crippen molar-refractivity contribution in [1.29, 1.82) is 0 Å². The van der Waals surface area contributed by atoms with Crippen LogP contribution in [0.4, 0.5) is 0 Å². The first-order chi connectivity index (χ1) is 12.1. The van der Waals surface area contributed by atoms with Crippen molar-refractivity contribution in [3.05, 3.63) is 48.3 Å². The zero-order valence-corrected chi connectivity index (χ0v) is 14.9. The molecular weight excluding hydrogens is 314 g/mol. The second kappa shape index (κ2) is 6.56. The number of aliphatic hydroxyl groups is 1. The van der Waals surface area contributed by atoms with E-state index in [4.69, 9.17) is 4.74 Å². The fourth-order valence-corrected chi connectivity index (χ4v) is 4.24. The summed E-state index contributed by atoms with van der Waals surface area (Å²) in [7, 11) is 0. The van der Waals surface area contributed by atoms with Gasteiger partial charge in [-0.1, -0.05) is 18.2 Å². The van der Waals surface area contributed by atoms with Crippen LogP contribution in [0.15, 0.2) is 42.6 Å². The molecule has 5 nitrogen and oxygen atoms in total. The Hall–Kier alpha value is -1.69. The van der Waals surface area contributed by atoms with Gasteiger partial charge in [-0.3, -0.25) is 4.90 Å². The number of likely N-dealkylation sites (tertiary alicyclic amines) is 1. The van der Waals surface area contributed by atoms with E-state index in [2.05, 4.69) is 28.2 Å². The molecule has 4 rings (SSSR count). The van der Waals surface area contributed by atoms with Crippen LogP contribution in [-0.2, 0) is 11.3 Å². The summed E-state index contributed by atoms with van der Waals surface area (Å²) in [5, 5.41) is 14.9. The third-order valence-corrected chi connectivity index (χ3v) is 5.63. The zero-order valence-electron chi connectivity index (χ0n) is 14.9. The van der Waals surface area contributed by atoms with Crippen LogP contribution in [-0.4, -0.2) is 50.7 Å². The molecule has 3 heterocycles. The van der Waals surface area contributed by atoms with E-state index < -0.39 is 5.60 Å². The number of hydrogen-bond acceptors (Lipinski definition) is 4. The second-order valence-corrected chi connectivity index (χ2v) is 7.80. The molecule has 1 aromatic carbocycles. The third-order valence-electron chi connectivity index (χ3n) is 5.63. The molecule has 134 valence electrons. The third kappa shape index (κ3) is 3.64. The van der Waals surface area contributed by atoms with Crippen molar-refractivity contribution in [2.45, 2.75) is 50.4 Å². The molecule has 2 fully saturated rings. The Labute approximate surface area is 149 Å². The van der Waals surface area contributed by atoms with Crippen molar-refractivity contribution in [2.75, 3.05) is 19.7 Å². The molecule has 2 aliphatic rings. The highest BCUT2D eigenvalue weighted by molar-refractivity contribution is 5.32. The molecule has 0 aliphatic carbocycles. The van der Waals surface area contributed by atoms with E-state index in [1.165, 1.54) is 5.69 Å². The maximum absolute atomic E-state index is 10.4. The summed E-state index contributed by atoms with van der Waals surface area (Å²) in [4.78, 5) is 2.47. The van der Waals surface area contributed by atoms with Crippen LogP contribution in [0.2, 0.25) is 0 Å². The Kier molecular flexibility index (Phi) is 4.40. The topological polar surface area (TPSA) is 50.5 Å². The van der Waals surface area contributed by atoms with E-state index in [0.29, 0.717) is 6.61 Å². The van der Waals surface area contributed by atoms with Crippen LogP contribution >= 0.6 is 0 Å². The van der Waals surface area contributed by atoms with Crippen molar-refractivity contribution in [2.24, 2.45) is 0 Å². The molecule has 1 atom stereocenters. The molecule has 2 saturated heterocycles. The van der Waals surface area contributed by atoms with Gasteiger partial charge in [-0.05, 0) is 44.4 Å². The van der Waals surface area contributed by atoms with Gasteiger partial charge in [-0.25, -0.2) is 4.68 Å². The van der Waals surface area contributed by atoms with Gasteiger partial charge in [-0.2, -0.15) is 5.10 Å². The number of ether oxygens (including phenoxy) is 1. The summed E-state index contributed by atoms with van der Waals surface area (Å²) >= 11 is 0. The largest absolute Gasteiger partial charge is 0.390 e. The van der Waals surface area contributed by atoms with Gasteiger partial charge in [0, 0.05) is 32.3 Å². The number of aromatic nitrogens is 2. The van der Waals surface area contributed by atoms with E-state index in [1.54, 1.807) is 0 Å². The van der Waals surface area contributed by atoms with Gasteiger partial charge < -0.3 is 9.84 Å². The van der Waals surface area contributed by atoms with Crippen molar-refractivity contribution in [3.63, 3.8) is 0 Å². The molecule has 2 aromatic rings. The van der Waals surface area contributed by atoms with E-state index >= 15 is 0 Å². The SMILES string of the molecule is CC1(O)CCOC2(CCN(Cc3ccnn3-c3ccccc3)CC2)C1. The van der Waals surface area contributed by atoms with Crippen LogP contribution < -0.4 is 0 Å². The fourth-order valence-electron chi connectivity index (χ4n) is 4.24. The molecule has 1 spiro atoms. The Morgan fingerprint density at radius 3 is 2.60 bits per heavy atom. The Balaban J connectivity index is 1.41. The highest BCUT2D eigenvalue weighted by atomic mass is 16.5. The molecule has 0 radical (unpaired) electrons. The van der Waals surface area contributed by atoms with Crippen molar-refractivity contribution >= 4 is 0 Å². The monoisotopic (exact) mass is 341 g/mol. The number of para-hydroxylation sites is 1. The van der Waals surface area contributed by atoms with E-state index in [-0.39, 0.29) is 5.60 Å². The Bertz CT molecular complexity index is 703. The molecule has 25 heavy (non-hydrogen) atoms. The summed E-state index contributed by atoms with van der Waals surface area (Å²) < 4.78 is 8.13. The van der Waals surface area contributed by atoms with Crippen LogP contribution in [0, 0.1) is 0 Å². The maximum Gasteiger partial charge on any atom is 0.0734 e. The molecule has 1 aromatic heterocycles. The molecule has 0 bridgehead atoms. The zero-order chi connectivity index (χ0) is 17.3. The van der Waals surface area contributed by atoms with Gasteiger partial charge in [0.15, 0.2) is 0 Å². The number of hydrogen-bond donors (Lipinski definition) is 1. The van der Waals surface area contributed by atoms with Gasteiger partial charge in [-0.15, -0.1) is 0 Å². The smallest absolute Gasteiger partial charge is 0.0734 e. The normalized spacial score (nSPS) is 26.8. The Morgan fingerprint density at radius 2 is 1.88 bits per heavy atom. The lowest BCUT2D eigenvalue weighted by Crippen LogP contribution is -2.53. The van der Waals surface area contributed by atoms with Crippen molar-refractivity contribution < 1.29 is 9.84 Å². The van der Waals surface area contributed by atoms with Crippen LogP contribution in [0.3, 0.4) is 0 Å². The highest BCUT2D eigenvalue weighted by Gasteiger charge is 2.44. The summed E-state index contributed by atoms with van der Waals surface area (Å²) in [6, 6.07) is 12.4. The van der Waals surface area contributed by atoms with E-state index in [0.717, 1.165) is 51.0 Å². The second-order valence-electron chi connectivity index (χ2n) is 7.80. The minimum absolute atomic E-state index is 0.127. The lowest BCUT2D eigenvalue weighted by Gasteiger charge is -2.48. The first-order valence-electron chi connectivity index (χ1n) is 9.22. The van der Waals surface area contributed by atoms with Crippen LogP contribution in [0.25, 0.3) is 5.69 Å². The summed E-state index contributed by atoms with van der Waals surface area (Å²) in [6.45, 7) is 5.50. The molecule has 2 aliphatic heterocycles. The predicted octanol–water partition coefficient (Wildman–Crippen LogP) is 2.77. The predicted molar refractivity (Wildman–Crippen MR) is 96.6 cm³/mol. The first-order valence-corrected chi connectivity index (χ1v) is 9.22. The average Bonchev–Trinajstić information content (AvgIpc) is 3.05. The molecule has 0 saturated carbocycles. The van der Waals surface area contributed by atoms with Gasteiger partial charge in [0.1, 0.15) is 0 Å². The minimum Gasteiger partial charge on any atom is -0.390 e. The standard InChI is InChI=1S/C20H27N3O2/c1-19(24)10-14-25-20(16-19)8-12-22(13-9-20)15-18-7-11-21-23(18)17-5-3-2-4-6-17/h2-7,11,24H,8-10,12-16H2,1H3. The lowest BCUT2D eigenvalue weighted by atomic mass is 9.78. The number of rotatable bonds is 3. The molecule has 1 N–H and O–H groups in total. The quantitative estimate of drug-likeness (QED) is 0.933. The van der Waals surface area contributed by atoms with Crippen LogP contribution in [0.5, 0.6) is 0 Å². The molecule has 5 heteroatoms. The van der Waals surface area contributed by atoms with Gasteiger partial charge in [0.05, 0.1) is 29.2 Å². The van der Waals surface area contributed by atoms with Crippen molar-refractivity contribution in [3.8, 4) is 5.69 Å². The molecule has 0 amide bonds. The molecule has 1 unspecified atom stereocenters. The van der Waals surface area contributed by atoms with E-state index in [9.17, 15) is 5.11 Å². The average molecular weight is 341 g/mol.